The van der Waals surface area contributed by atoms with E-state index in [1.54, 1.807) is 0 Å². The summed E-state index contributed by atoms with van der Waals surface area (Å²) in [5.74, 6) is 0. The summed E-state index contributed by atoms with van der Waals surface area (Å²) in [5.41, 5.74) is 0. The minimum absolute atomic E-state index is 1.37. The molecule has 0 saturated carbocycles. The molecule has 0 bridgehead atoms. The second kappa shape index (κ2) is 6.47. The van der Waals surface area contributed by atoms with Gasteiger partial charge in [0, 0.05) is 6.92 Å². The Morgan fingerprint density at radius 2 is 0.615 bits per heavy atom. The molecule has 0 fully saturated rings. The average molecular weight is 431 g/mol. The van der Waals surface area contributed by atoms with Gasteiger partial charge in [0.15, 0.2) is 0 Å². The van der Waals surface area contributed by atoms with E-state index < -0.39 is 42.8 Å². The maximum absolute atomic E-state index is 12.7. The number of rotatable bonds is 8. The number of ether oxygens (including phenoxy) is 3. The van der Waals surface area contributed by atoms with Crippen molar-refractivity contribution in [3.8, 4) is 0 Å². The van der Waals surface area contributed by atoms with Gasteiger partial charge in [-0.05, 0) is 0 Å². The van der Waals surface area contributed by atoms with Gasteiger partial charge in [0.2, 0.25) is 0 Å². The smallest absolute Gasteiger partial charge is 0.248 e. The van der Waals surface area contributed by atoms with E-state index in [1.807, 2.05) is 4.74 Å². The van der Waals surface area contributed by atoms with Crippen LogP contribution >= 0.6 is 0 Å². The van der Waals surface area contributed by atoms with Gasteiger partial charge in [0.25, 0.3) is 0 Å². The zero-order valence-corrected chi connectivity index (χ0v) is 11.1. The van der Waals surface area contributed by atoms with Crippen molar-refractivity contribution in [1.82, 2.24) is 0 Å². The molecule has 0 unspecified atom stereocenters. The van der Waals surface area contributed by atoms with Crippen LogP contribution < -0.4 is 0 Å². The van der Waals surface area contributed by atoms with Crippen LogP contribution in [0.3, 0.4) is 0 Å². The van der Waals surface area contributed by atoms with Gasteiger partial charge in [-0.2, -0.15) is 65.9 Å². The number of hydrogen-bond donors (Lipinski definition) is 0. The fraction of sp³-hybridized carbons (Fsp3) is 0.875. The summed E-state index contributed by atoms with van der Waals surface area (Å²) in [7, 11) is 0. The second-order valence-corrected chi connectivity index (χ2v) is 4.03. The van der Waals surface area contributed by atoms with Crippen molar-refractivity contribution in [3.63, 3.8) is 0 Å². The second-order valence-electron chi connectivity index (χ2n) is 4.03. The quantitative estimate of drug-likeness (QED) is 0.507. The predicted molar refractivity (Wildman–Crippen MR) is 44.3 cm³/mol. The van der Waals surface area contributed by atoms with Gasteiger partial charge in [0.05, 0.1) is 0 Å². The van der Waals surface area contributed by atoms with Crippen molar-refractivity contribution >= 4 is 0 Å². The van der Waals surface area contributed by atoms with Crippen LogP contribution in [-0.2, 0) is 14.2 Å². The molecule has 0 aromatic carbocycles. The molecule has 157 valence electrons. The minimum Gasteiger partial charge on any atom is -0.248 e. The summed E-state index contributed by atoms with van der Waals surface area (Å²) in [5, 5.41) is 0. The first-order valence-corrected chi connectivity index (χ1v) is 5.16. The molecular formula is C8H2F15O3. The van der Waals surface area contributed by atoms with Crippen LogP contribution in [0.15, 0.2) is 0 Å². The molecule has 26 heavy (non-hydrogen) atoms. The summed E-state index contributed by atoms with van der Waals surface area (Å²) < 4.78 is 189. The standard InChI is InChI=1S/C8H2F15O3/c1-2(9,10)24-5(16,17)6(18,19)26-8(22,23)7(20,21)25-4(14,15)3(11,12)13/h1H2. The van der Waals surface area contributed by atoms with E-state index in [-0.39, 0.29) is 0 Å². The van der Waals surface area contributed by atoms with E-state index in [4.69, 9.17) is 0 Å². The molecule has 0 aliphatic carbocycles. The Morgan fingerprint density at radius 1 is 0.385 bits per heavy atom. The minimum atomic E-state index is -7.32. The Balaban J connectivity index is 5.62. The first-order valence-electron chi connectivity index (χ1n) is 5.16. The number of halogens is 15. The lowest BCUT2D eigenvalue weighted by molar-refractivity contribution is -0.565. The Labute approximate surface area is 131 Å². The van der Waals surface area contributed by atoms with E-state index in [2.05, 4.69) is 0 Å². The predicted octanol–water partition coefficient (Wildman–Crippen LogP) is 4.99. The fourth-order valence-electron chi connectivity index (χ4n) is 0.805. The maximum Gasteiger partial charge on any atom is 0.483 e. The van der Waals surface area contributed by atoms with E-state index >= 15 is 0 Å². The Bertz CT molecular complexity index is 490. The van der Waals surface area contributed by atoms with Crippen LogP contribution in [0.2, 0.25) is 0 Å². The van der Waals surface area contributed by atoms with Gasteiger partial charge < -0.3 is 0 Å². The molecule has 3 nitrogen and oxygen atoms in total. The van der Waals surface area contributed by atoms with Gasteiger partial charge in [-0.1, -0.05) is 0 Å². The highest BCUT2D eigenvalue weighted by atomic mass is 19.4. The molecule has 0 spiro atoms. The molecule has 0 aromatic heterocycles. The molecule has 0 N–H and O–H groups in total. The van der Waals surface area contributed by atoms with E-state index in [0.717, 1.165) is 0 Å². The average Bonchev–Trinajstić information content (AvgIpc) is 2.19. The van der Waals surface area contributed by atoms with Crippen molar-refractivity contribution in [2.24, 2.45) is 0 Å². The molecule has 0 atom stereocenters. The highest BCUT2D eigenvalue weighted by Gasteiger charge is 2.76. The lowest BCUT2D eigenvalue weighted by atomic mass is 10.5. The highest BCUT2D eigenvalue weighted by Crippen LogP contribution is 2.50. The van der Waals surface area contributed by atoms with E-state index in [9.17, 15) is 65.9 Å². The van der Waals surface area contributed by atoms with E-state index in [0.29, 0.717) is 0 Å². The van der Waals surface area contributed by atoms with Crippen molar-refractivity contribution in [2.45, 2.75) is 42.8 Å². The largest absolute Gasteiger partial charge is 0.483 e. The van der Waals surface area contributed by atoms with Gasteiger partial charge in [-0.25, -0.2) is 14.2 Å². The molecule has 18 heteroatoms. The molecule has 0 saturated heterocycles. The third-order valence-electron chi connectivity index (χ3n) is 1.80. The summed E-state index contributed by atoms with van der Waals surface area (Å²) in [6.07, 6.45) is -48.2. The topological polar surface area (TPSA) is 27.7 Å². The summed E-state index contributed by atoms with van der Waals surface area (Å²) >= 11 is 0. The first kappa shape index (κ1) is 24.8. The van der Waals surface area contributed by atoms with Crippen LogP contribution in [0.4, 0.5) is 65.9 Å². The Morgan fingerprint density at radius 3 is 0.846 bits per heavy atom. The molecule has 0 aliphatic heterocycles. The van der Waals surface area contributed by atoms with Gasteiger partial charge in [-0.3, -0.25) is 0 Å². The molecule has 1 radical (unpaired) electrons. The number of hydrogen-bond acceptors (Lipinski definition) is 3. The monoisotopic (exact) mass is 431 g/mol. The maximum atomic E-state index is 12.7. The molecule has 0 rings (SSSR count). The summed E-state index contributed by atoms with van der Waals surface area (Å²) in [4.78, 5) is 0. The number of alkyl halides is 15. The van der Waals surface area contributed by atoms with Crippen molar-refractivity contribution < 1.29 is 80.1 Å². The van der Waals surface area contributed by atoms with Crippen LogP contribution in [0.1, 0.15) is 0 Å². The zero-order valence-electron chi connectivity index (χ0n) is 11.1. The van der Waals surface area contributed by atoms with Gasteiger partial charge >= 0.3 is 42.8 Å². The molecule has 0 aromatic rings. The fourth-order valence-corrected chi connectivity index (χ4v) is 0.805. The van der Waals surface area contributed by atoms with Crippen molar-refractivity contribution in [2.75, 3.05) is 0 Å². The van der Waals surface area contributed by atoms with Crippen LogP contribution in [-0.4, -0.2) is 42.8 Å². The molecule has 0 aliphatic rings. The van der Waals surface area contributed by atoms with Gasteiger partial charge in [0.1, 0.15) is 0 Å². The third kappa shape index (κ3) is 5.66. The van der Waals surface area contributed by atoms with Crippen molar-refractivity contribution in [1.29, 1.82) is 0 Å². The first-order chi connectivity index (χ1) is 10.9. The SMILES string of the molecule is [CH2]C(F)(F)OC(F)(F)C(F)(F)OC(F)(F)C(F)(F)OC(F)(F)C(F)(F)F. The molecular weight excluding hydrogens is 429 g/mol. The van der Waals surface area contributed by atoms with E-state index in [1.165, 1.54) is 16.4 Å². The molecule has 0 amide bonds. The van der Waals surface area contributed by atoms with Crippen LogP contribution in [0, 0.1) is 6.92 Å². The summed E-state index contributed by atoms with van der Waals surface area (Å²) in [6, 6.07) is 0. The normalized spacial score (nSPS) is 16.2. The summed E-state index contributed by atoms with van der Waals surface area (Å²) in [6.45, 7) is 1.38. The molecule has 0 heterocycles. The zero-order chi connectivity index (χ0) is 21.6. The van der Waals surface area contributed by atoms with Crippen LogP contribution in [0.25, 0.3) is 0 Å². The van der Waals surface area contributed by atoms with Crippen molar-refractivity contribution in [3.05, 3.63) is 6.92 Å². The lowest BCUT2D eigenvalue weighted by Gasteiger charge is -2.34. The highest BCUT2D eigenvalue weighted by molar-refractivity contribution is 4.78. The van der Waals surface area contributed by atoms with Crippen LogP contribution in [0.5, 0.6) is 0 Å². The third-order valence-corrected chi connectivity index (χ3v) is 1.80. The lowest BCUT2D eigenvalue weighted by Crippen LogP contribution is -2.58. The Kier molecular flexibility index (Phi) is 6.17. The Hall–Kier alpha value is -1.17. The van der Waals surface area contributed by atoms with Gasteiger partial charge in [-0.15, -0.1) is 0 Å².